The second kappa shape index (κ2) is 6.33. The van der Waals surface area contributed by atoms with Gasteiger partial charge >= 0.3 is 5.97 Å². The molecule has 116 valence electrons. The number of hydrogen-bond acceptors (Lipinski definition) is 4. The van der Waals surface area contributed by atoms with E-state index in [4.69, 9.17) is 5.11 Å². The SMILES string of the molecule is Cc1ccc(F)c(S(=O)(=O)N2CCSCC2CC(=O)O)c1. The van der Waals surface area contributed by atoms with Gasteiger partial charge in [0.05, 0.1) is 6.42 Å². The summed E-state index contributed by atoms with van der Waals surface area (Å²) in [6, 6.07) is 3.25. The van der Waals surface area contributed by atoms with Crippen LogP contribution in [0.3, 0.4) is 0 Å². The van der Waals surface area contributed by atoms with Crippen LogP contribution in [-0.4, -0.2) is 47.9 Å². The molecular formula is C13H16FNO4S2. The van der Waals surface area contributed by atoms with Crippen LogP contribution in [0.15, 0.2) is 23.1 Å². The maximum absolute atomic E-state index is 13.9. The van der Waals surface area contributed by atoms with Gasteiger partial charge in [0.25, 0.3) is 0 Å². The van der Waals surface area contributed by atoms with Gasteiger partial charge in [0.1, 0.15) is 10.7 Å². The summed E-state index contributed by atoms with van der Waals surface area (Å²) in [6.07, 6.45) is -0.278. The number of benzene rings is 1. The number of sulfonamides is 1. The quantitative estimate of drug-likeness (QED) is 0.908. The third-order valence-electron chi connectivity index (χ3n) is 3.26. The van der Waals surface area contributed by atoms with Crippen molar-refractivity contribution in [3.8, 4) is 0 Å². The maximum atomic E-state index is 13.9. The molecule has 1 fully saturated rings. The van der Waals surface area contributed by atoms with Crippen LogP contribution in [-0.2, 0) is 14.8 Å². The van der Waals surface area contributed by atoms with Gasteiger partial charge in [-0.25, -0.2) is 12.8 Å². The highest BCUT2D eigenvalue weighted by molar-refractivity contribution is 7.99. The van der Waals surface area contributed by atoms with Crippen LogP contribution in [0.4, 0.5) is 4.39 Å². The molecule has 0 spiro atoms. The fourth-order valence-corrected chi connectivity index (χ4v) is 5.30. The topological polar surface area (TPSA) is 74.7 Å². The zero-order chi connectivity index (χ0) is 15.6. The average Bonchev–Trinajstić information content (AvgIpc) is 2.41. The Labute approximate surface area is 127 Å². The Balaban J connectivity index is 2.40. The molecule has 1 unspecified atom stereocenters. The predicted molar refractivity (Wildman–Crippen MR) is 78.4 cm³/mol. The number of rotatable bonds is 4. The van der Waals surface area contributed by atoms with E-state index in [9.17, 15) is 17.6 Å². The number of carboxylic acids is 1. The van der Waals surface area contributed by atoms with Crippen molar-refractivity contribution in [3.63, 3.8) is 0 Å². The average molecular weight is 333 g/mol. The zero-order valence-electron chi connectivity index (χ0n) is 11.5. The number of nitrogens with zero attached hydrogens (tertiary/aromatic N) is 1. The largest absolute Gasteiger partial charge is 0.481 e. The first-order chi connectivity index (χ1) is 9.82. The Bertz CT molecular complexity index is 648. The minimum Gasteiger partial charge on any atom is -0.481 e. The number of hydrogen-bond donors (Lipinski definition) is 1. The highest BCUT2D eigenvalue weighted by Crippen LogP contribution is 2.28. The fourth-order valence-electron chi connectivity index (χ4n) is 2.25. The Morgan fingerprint density at radius 2 is 2.24 bits per heavy atom. The summed E-state index contributed by atoms with van der Waals surface area (Å²) in [5, 5.41) is 8.91. The van der Waals surface area contributed by atoms with Crippen LogP contribution < -0.4 is 0 Å². The van der Waals surface area contributed by atoms with Gasteiger partial charge < -0.3 is 5.11 Å². The van der Waals surface area contributed by atoms with Gasteiger partial charge in [0.2, 0.25) is 10.0 Å². The highest BCUT2D eigenvalue weighted by atomic mass is 32.2. The molecule has 1 aliphatic rings. The van der Waals surface area contributed by atoms with Crippen molar-refractivity contribution in [2.24, 2.45) is 0 Å². The van der Waals surface area contributed by atoms with Crippen LogP contribution in [0.5, 0.6) is 0 Å². The molecule has 1 atom stereocenters. The summed E-state index contributed by atoms with van der Waals surface area (Å²) in [7, 11) is -4.03. The van der Waals surface area contributed by atoms with E-state index in [0.717, 1.165) is 10.4 Å². The summed E-state index contributed by atoms with van der Waals surface area (Å²) < 4.78 is 40.3. The smallest absolute Gasteiger partial charge is 0.305 e. The third-order valence-corrected chi connectivity index (χ3v) is 6.32. The molecular weight excluding hydrogens is 317 g/mol. The predicted octanol–water partition coefficient (Wildman–Crippen LogP) is 1.71. The van der Waals surface area contributed by atoms with Crippen LogP contribution in [0.1, 0.15) is 12.0 Å². The molecule has 0 aliphatic carbocycles. The van der Waals surface area contributed by atoms with Gasteiger partial charge in [-0.2, -0.15) is 16.1 Å². The molecule has 0 saturated carbocycles. The first-order valence-electron chi connectivity index (χ1n) is 6.40. The lowest BCUT2D eigenvalue weighted by molar-refractivity contribution is -0.137. The standard InChI is InChI=1S/C13H16FNO4S2/c1-9-2-3-11(14)12(6-9)21(18,19)15-4-5-20-8-10(15)7-13(16)17/h2-3,6,10H,4-5,7-8H2,1H3,(H,16,17). The van der Waals surface area contributed by atoms with Crippen LogP contribution in [0, 0.1) is 12.7 Å². The lowest BCUT2D eigenvalue weighted by Gasteiger charge is -2.33. The van der Waals surface area contributed by atoms with Crippen LogP contribution >= 0.6 is 11.8 Å². The second-order valence-corrected chi connectivity index (χ2v) is 7.89. The molecule has 0 amide bonds. The number of carboxylic acid groups (broad SMARTS) is 1. The second-order valence-electron chi connectivity index (χ2n) is 4.88. The first kappa shape index (κ1) is 16.3. The summed E-state index contributed by atoms with van der Waals surface area (Å²) in [5.41, 5.74) is 0.635. The zero-order valence-corrected chi connectivity index (χ0v) is 13.1. The summed E-state index contributed by atoms with van der Waals surface area (Å²) in [5.74, 6) is -0.901. The van der Waals surface area contributed by atoms with Crippen molar-refractivity contribution in [2.75, 3.05) is 18.1 Å². The molecule has 1 saturated heterocycles. The van der Waals surface area contributed by atoms with Crippen LogP contribution in [0.2, 0.25) is 0 Å². The molecule has 1 N–H and O–H groups in total. The van der Waals surface area contributed by atoms with E-state index in [1.165, 1.54) is 23.9 Å². The van der Waals surface area contributed by atoms with Crippen molar-refractivity contribution < 1.29 is 22.7 Å². The highest BCUT2D eigenvalue weighted by Gasteiger charge is 2.36. The molecule has 2 rings (SSSR count). The van der Waals surface area contributed by atoms with E-state index >= 15 is 0 Å². The molecule has 0 radical (unpaired) electrons. The Morgan fingerprint density at radius 3 is 2.90 bits per heavy atom. The van der Waals surface area contributed by atoms with Gasteiger partial charge in [0.15, 0.2) is 0 Å². The van der Waals surface area contributed by atoms with Gasteiger partial charge in [-0.05, 0) is 24.6 Å². The minimum absolute atomic E-state index is 0.193. The Morgan fingerprint density at radius 1 is 1.52 bits per heavy atom. The normalized spacial score (nSPS) is 20.4. The number of thioether (sulfide) groups is 1. The van der Waals surface area contributed by atoms with Gasteiger partial charge in [-0.15, -0.1) is 0 Å². The molecule has 0 bridgehead atoms. The number of carbonyl (C=O) groups is 1. The molecule has 1 heterocycles. The van der Waals surface area contributed by atoms with E-state index in [1.54, 1.807) is 6.92 Å². The maximum Gasteiger partial charge on any atom is 0.305 e. The molecule has 1 aliphatic heterocycles. The molecule has 8 heteroatoms. The Kier molecular flexibility index (Phi) is 4.90. The number of halogens is 1. The monoisotopic (exact) mass is 333 g/mol. The lowest BCUT2D eigenvalue weighted by atomic mass is 10.2. The van der Waals surface area contributed by atoms with Gasteiger partial charge in [-0.3, -0.25) is 4.79 Å². The summed E-state index contributed by atoms with van der Waals surface area (Å²) >= 11 is 1.50. The van der Waals surface area contributed by atoms with Crippen molar-refractivity contribution in [1.29, 1.82) is 0 Å². The van der Waals surface area contributed by atoms with E-state index < -0.39 is 27.9 Å². The third kappa shape index (κ3) is 3.56. The van der Waals surface area contributed by atoms with Crippen molar-refractivity contribution in [1.82, 2.24) is 4.31 Å². The van der Waals surface area contributed by atoms with Gasteiger partial charge in [0, 0.05) is 24.1 Å². The molecule has 1 aromatic rings. The molecule has 1 aromatic carbocycles. The molecule has 0 aromatic heterocycles. The van der Waals surface area contributed by atoms with Crippen molar-refractivity contribution >= 4 is 27.8 Å². The van der Waals surface area contributed by atoms with Crippen molar-refractivity contribution in [2.45, 2.75) is 24.3 Å². The van der Waals surface area contributed by atoms with Crippen molar-refractivity contribution in [3.05, 3.63) is 29.6 Å². The lowest BCUT2D eigenvalue weighted by Crippen LogP contribution is -2.47. The summed E-state index contributed by atoms with van der Waals surface area (Å²) in [4.78, 5) is 10.5. The molecule has 5 nitrogen and oxygen atoms in total. The number of aryl methyl sites for hydroxylation is 1. The van der Waals surface area contributed by atoms with E-state index in [1.807, 2.05) is 0 Å². The summed E-state index contributed by atoms with van der Waals surface area (Å²) in [6.45, 7) is 1.87. The minimum atomic E-state index is -4.03. The fraction of sp³-hybridized carbons (Fsp3) is 0.462. The van der Waals surface area contributed by atoms with E-state index in [2.05, 4.69) is 0 Å². The van der Waals surface area contributed by atoms with Gasteiger partial charge in [-0.1, -0.05) is 6.07 Å². The van der Waals surface area contributed by atoms with E-state index in [0.29, 0.717) is 17.1 Å². The Hall–Kier alpha value is -1.12. The first-order valence-corrected chi connectivity index (χ1v) is 8.99. The van der Waals surface area contributed by atoms with E-state index in [-0.39, 0.29) is 17.9 Å². The van der Waals surface area contributed by atoms with Crippen LogP contribution in [0.25, 0.3) is 0 Å². The number of aliphatic carboxylic acids is 1. The molecule has 21 heavy (non-hydrogen) atoms.